The third-order valence-electron chi connectivity index (χ3n) is 2.20. The number of hydrogen-bond acceptors (Lipinski definition) is 3. The highest BCUT2D eigenvalue weighted by Gasteiger charge is 2.01. The molecule has 3 nitrogen and oxygen atoms in total. The number of aromatic amines is 1. The van der Waals surface area contributed by atoms with Crippen molar-refractivity contribution in [3.8, 4) is 0 Å². The Morgan fingerprint density at radius 1 is 1.27 bits per heavy atom. The lowest BCUT2D eigenvalue weighted by Crippen LogP contribution is -1.98. The number of aromatic nitrogens is 2. The van der Waals surface area contributed by atoms with Crippen molar-refractivity contribution >= 4 is 22.8 Å². The normalized spacial score (nSPS) is 11.0. The average Bonchev–Trinajstić information content (AvgIpc) is 2.67. The lowest BCUT2D eigenvalue weighted by Gasteiger charge is -1.95. The zero-order valence-electron chi connectivity index (χ0n) is 8.57. The van der Waals surface area contributed by atoms with Gasteiger partial charge >= 0.3 is 0 Å². The van der Waals surface area contributed by atoms with Crippen LogP contribution in [-0.4, -0.2) is 22.3 Å². The van der Waals surface area contributed by atoms with Crippen LogP contribution in [-0.2, 0) is 0 Å². The molecule has 0 saturated heterocycles. The number of thioether (sulfide) groups is 1. The number of H-pyrrole nitrogens is 1. The van der Waals surface area contributed by atoms with Gasteiger partial charge in [-0.3, -0.25) is 0 Å². The maximum absolute atomic E-state index is 5.44. The molecular weight excluding hydrogens is 206 g/mol. The molecule has 0 fully saturated rings. The third-order valence-corrected chi connectivity index (χ3v) is 3.16. The van der Waals surface area contributed by atoms with E-state index in [0.717, 1.165) is 41.3 Å². The number of nitrogens with two attached hydrogens (primary N) is 1. The van der Waals surface area contributed by atoms with Crippen molar-refractivity contribution in [2.75, 3.05) is 12.3 Å². The second kappa shape index (κ2) is 5.19. The van der Waals surface area contributed by atoms with Crippen molar-refractivity contribution < 1.29 is 0 Å². The first kappa shape index (κ1) is 10.5. The minimum atomic E-state index is 0.778. The molecule has 0 bridgehead atoms. The number of imidazole rings is 1. The van der Waals surface area contributed by atoms with E-state index >= 15 is 0 Å². The van der Waals surface area contributed by atoms with E-state index in [1.54, 1.807) is 11.8 Å². The van der Waals surface area contributed by atoms with Gasteiger partial charge in [0.15, 0.2) is 5.16 Å². The van der Waals surface area contributed by atoms with Crippen LogP contribution < -0.4 is 5.73 Å². The molecule has 0 saturated carbocycles. The van der Waals surface area contributed by atoms with Crippen LogP contribution in [0, 0.1) is 0 Å². The molecule has 0 spiro atoms. The molecule has 15 heavy (non-hydrogen) atoms. The standard InChI is InChI=1S/C11H15N3S/c12-7-3-4-8-15-11-13-9-5-1-2-6-10(9)14-11/h1-2,5-6H,3-4,7-8,12H2,(H,13,14). The Kier molecular flexibility index (Phi) is 3.64. The van der Waals surface area contributed by atoms with E-state index in [-0.39, 0.29) is 0 Å². The summed E-state index contributed by atoms with van der Waals surface area (Å²) in [6.07, 6.45) is 2.24. The predicted molar refractivity (Wildman–Crippen MR) is 65.1 cm³/mol. The molecule has 0 aliphatic carbocycles. The Bertz CT molecular complexity index is 391. The van der Waals surface area contributed by atoms with E-state index in [4.69, 9.17) is 5.73 Å². The van der Waals surface area contributed by atoms with Gasteiger partial charge in [-0.1, -0.05) is 23.9 Å². The number of fused-ring (bicyclic) bond motifs is 1. The van der Waals surface area contributed by atoms with Crippen molar-refractivity contribution in [2.45, 2.75) is 18.0 Å². The smallest absolute Gasteiger partial charge is 0.166 e. The maximum atomic E-state index is 5.44. The first-order chi connectivity index (χ1) is 7.40. The summed E-state index contributed by atoms with van der Waals surface area (Å²) < 4.78 is 0. The monoisotopic (exact) mass is 221 g/mol. The van der Waals surface area contributed by atoms with Crippen molar-refractivity contribution in [3.05, 3.63) is 24.3 Å². The van der Waals surface area contributed by atoms with Gasteiger partial charge in [0.2, 0.25) is 0 Å². The molecule has 0 radical (unpaired) electrons. The fourth-order valence-electron chi connectivity index (χ4n) is 1.41. The average molecular weight is 221 g/mol. The summed E-state index contributed by atoms with van der Waals surface area (Å²) in [5.74, 6) is 1.08. The van der Waals surface area contributed by atoms with E-state index in [9.17, 15) is 0 Å². The summed E-state index contributed by atoms with van der Waals surface area (Å²) in [5.41, 5.74) is 7.59. The van der Waals surface area contributed by atoms with Crippen LogP contribution in [0.2, 0.25) is 0 Å². The summed E-state index contributed by atoms with van der Waals surface area (Å²) in [6.45, 7) is 0.778. The van der Waals surface area contributed by atoms with Crippen LogP contribution >= 0.6 is 11.8 Å². The van der Waals surface area contributed by atoms with Gasteiger partial charge in [-0.05, 0) is 31.5 Å². The van der Waals surface area contributed by atoms with Crippen molar-refractivity contribution in [1.82, 2.24) is 9.97 Å². The van der Waals surface area contributed by atoms with Gasteiger partial charge in [0.05, 0.1) is 11.0 Å². The van der Waals surface area contributed by atoms with Crippen molar-refractivity contribution in [1.29, 1.82) is 0 Å². The summed E-state index contributed by atoms with van der Waals surface area (Å²) in [7, 11) is 0. The number of rotatable bonds is 5. The number of para-hydroxylation sites is 2. The summed E-state index contributed by atoms with van der Waals surface area (Å²) in [5, 5.41) is 1.01. The second-order valence-electron chi connectivity index (χ2n) is 3.40. The summed E-state index contributed by atoms with van der Waals surface area (Å²) in [6, 6.07) is 8.09. The second-order valence-corrected chi connectivity index (χ2v) is 4.49. The largest absolute Gasteiger partial charge is 0.333 e. The quantitative estimate of drug-likeness (QED) is 0.602. The highest BCUT2D eigenvalue weighted by molar-refractivity contribution is 7.99. The molecular formula is C11H15N3S. The minimum Gasteiger partial charge on any atom is -0.333 e. The maximum Gasteiger partial charge on any atom is 0.166 e. The fraction of sp³-hybridized carbons (Fsp3) is 0.364. The molecule has 1 heterocycles. The third kappa shape index (κ3) is 2.73. The number of hydrogen-bond donors (Lipinski definition) is 2. The van der Waals surface area contributed by atoms with Crippen LogP contribution in [0.3, 0.4) is 0 Å². The van der Waals surface area contributed by atoms with Gasteiger partial charge in [-0.15, -0.1) is 0 Å². The van der Waals surface area contributed by atoms with Gasteiger partial charge in [-0.25, -0.2) is 4.98 Å². The van der Waals surface area contributed by atoms with Crippen LogP contribution in [0.25, 0.3) is 11.0 Å². The Morgan fingerprint density at radius 2 is 2.13 bits per heavy atom. The highest BCUT2D eigenvalue weighted by Crippen LogP contribution is 2.19. The van der Waals surface area contributed by atoms with E-state index in [1.165, 1.54) is 0 Å². The van der Waals surface area contributed by atoms with Gasteiger partial charge in [0, 0.05) is 5.75 Å². The molecule has 1 aromatic carbocycles. The highest BCUT2D eigenvalue weighted by atomic mass is 32.2. The lowest BCUT2D eigenvalue weighted by molar-refractivity contribution is 0.813. The van der Waals surface area contributed by atoms with Gasteiger partial charge in [-0.2, -0.15) is 0 Å². The fourth-order valence-corrected chi connectivity index (χ4v) is 2.30. The van der Waals surface area contributed by atoms with E-state index in [1.807, 2.05) is 24.3 Å². The first-order valence-corrected chi connectivity index (χ1v) is 6.16. The van der Waals surface area contributed by atoms with Crippen LogP contribution in [0.5, 0.6) is 0 Å². The van der Waals surface area contributed by atoms with Crippen molar-refractivity contribution in [3.63, 3.8) is 0 Å². The van der Waals surface area contributed by atoms with E-state index < -0.39 is 0 Å². The number of benzene rings is 1. The van der Waals surface area contributed by atoms with E-state index in [0.29, 0.717) is 0 Å². The van der Waals surface area contributed by atoms with Crippen LogP contribution in [0.1, 0.15) is 12.8 Å². The molecule has 1 aromatic heterocycles. The topological polar surface area (TPSA) is 54.7 Å². The Balaban J connectivity index is 1.97. The Morgan fingerprint density at radius 3 is 2.93 bits per heavy atom. The summed E-state index contributed by atoms with van der Waals surface area (Å²) >= 11 is 1.76. The van der Waals surface area contributed by atoms with Crippen LogP contribution in [0.15, 0.2) is 29.4 Å². The predicted octanol–water partition coefficient (Wildman–Crippen LogP) is 2.39. The molecule has 80 valence electrons. The molecule has 2 aromatic rings. The molecule has 0 aliphatic rings. The van der Waals surface area contributed by atoms with Gasteiger partial charge in [0.1, 0.15) is 0 Å². The molecule has 2 rings (SSSR count). The molecule has 0 atom stereocenters. The lowest BCUT2D eigenvalue weighted by atomic mass is 10.3. The van der Waals surface area contributed by atoms with Crippen LogP contribution in [0.4, 0.5) is 0 Å². The summed E-state index contributed by atoms with van der Waals surface area (Å²) in [4.78, 5) is 7.78. The zero-order valence-corrected chi connectivity index (χ0v) is 9.39. The van der Waals surface area contributed by atoms with Gasteiger partial charge < -0.3 is 10.7 Å². The Hall–Kier alpha value is -1.00. The minimum absolute atomic E-state index is 0.778. The molecule has 4 heteroatoms. The van der Waals surface area contributed by atoms with Gasteiger partial charge in [0.25, 0.3) is 0 Å². The number of nitrogens with zero attached hydrogens (tertiary/aromatic N) is 1. The van der Waals surface area contributed by atoms with E-state index in [2.05, 4.69) is 9.97 Å². The van der Waals surface area contributed by atoms with Crippen molar-refractivity contribution in [2.24, 2.45) is 5.73 Å². The number of unbranched alkanes of at least 4 members (excludes halogenated alkanes) is 1. The number of nitrogens with one attached hydrogen (secondary N) is 1. The SMILES string of the molecule is NCCCCSc1nc2ccccc2[nH]1. The molecule has 0 amide bonds. The molecule has 0 unspecified atom stereocenters. The molecule has 0 aliphatic heterocycles. The zero-order chi connectivity index (χ0) is 10.5. The Labute approximate surface area is 93.5 Å². The molecule has 3 N–H and O–H groups in total. The first-order valence-electron chi connectivity index (χ1n) is 5.18.